The van der Waals surface area contributed by atoms with Crippen LogP contribution in [-0.2, 0) is 9.94 Å². The van der Waals surface area contributed by atoms with Crippen LogP contribution in [0.4, 0.5) is 0 Å². The van der Waals surface area contributed by atoms with E-state index in [1.54, 1.807) is 6.08 Å². The summed E-state index contributed by atoms with van der Waals surface area (Å²) in [5.74, 6) is 0.625. The van der Waals surface area contributed by atoms with Gasteiger partial charge in [0.15, 0.2) is 0 Å². The Balaban J connectivity index is 1.83. The molecule has 0 aromatic heterocycles. The highest BCUT2D eigenvalue weighted by Crippen LogP contribution is 2.12. The summed E-state index contributed by atoms with van der Waals surface area (Å²) < 4.78 is 20.8. The Labute approximate surface area is 116 Å². The summed E-state index contributed by atoms with van der Waals surface area (Å²) >= 11 is 1.12. The molecule has 0 N–H and O–H groups in total. The molecule has 1 nitrogen and oxygen atoms in total. The molecule has 0 unspecified atom stereocenters. The Hall–Kier alpha value is -1.51. The first-order chi connectivity index (χ1) is 9.66. The van der Waals surface area contributed by atoms with E-state index >= 15 is 0 Å². The second-order valence-electron chi connectivity index (χ2n) is 3.69. The van der Waals surface area contributed by atoms with Gasteiger partial charge in [-0.15, -0.1) is 0 Å². The molecule has 2 aromatic carbocycles. The molecule has 0 radical (unpaired) electrons. The molecule has 0 saturated heterocycles. The summed E-state index contributed by atoms with van der Waals surface area (Å²) in [7, 11) is 0. The molecule has 0 heterocycles. The molecule has 92 valence electrons. The van der Waals surface area contributed by atoms with E-state index in [4.69, 9.17) is 6.92 Å². The van der Waals surface area contributed by atoms with Crippen molar-refractivity contribution in [2.45, 2.75) is 5.75 Å². The van der Waals surface area contributed by atoms with Gasteiger partial charge in [0.2, 0.25) is 0 Å². The van der Waals surface area contributed by atoms with E-state index in [0.29, 0.717) is 5.75 Å². The molecule has 0 aliphatic carbocycles. The zero-order chi connectivity index (χ0) is 14.3. The van der Waals surface area contributed by atoms with Gasteiger partial charge >= 0.3 is 0 Å². The van der Waals surface area contributed by atoms with Gasteiger partial charge in [-0.1, -0.05) is 72.8 Å². The molecule has 0 aliphatic rings. The molecule has 2 heteroatoms. The van der Waals surface area contributed by atoms with Crippen molar-refractivity contribution in [1.82, 2.24) is 0 Å². The quantitative estimate of drug-likeness (QED) is 0.702. The zero-order valence-electron chi connectivity index (χ0n) is 12.0. The van der Waals surface area contributed by atoms with Gasteiger partial charge in [-0.05, 0) is 23.2 Å². The van der Waals surface area contributed by atoms with Crippen LogP contribution in [0.5, 0.6) is 0 Å². The number of hydrogen-bond donors (Lipinski definition) is 0. The smallest absolute Gasteiger partial charge is 0.0798 e. The highest BCUT2D eigenvalue weighted by molar-refractivity contribution is 7.93. The highest BCUT2D eigenvalue weighted by atomic mass is 32.2. The van der Waals surface area contributed by atoms with Crippen LogP contribution in [0.3, 0.4) is 0 Å². The van der Waals surface area contributed by atoms with Crippen LogP contribution in [0, 0.1) is 0 Å². The van der Waals surface area contributed by atoms with Gasteiger partial charge in [0.05, 0.1) is 9.30 Å². The fraction of sp³-hybridized carbons (Fsp3) is 0.125. The molecular formula is C16H16OS. The third-order valence-electron chi connectivity index (χ3n) is 2.32. The van der Waals surface area contributed by atoms with Gasteiger partial charge in [0.1, 0.15) is 0 Å². The third kappa shape index (κ3) is 4.78. The molecule has 0 saturated carbocycles. The predicted octanol–water partition coefficient (Wildman–Crippen LogP) is 4.56. The molecular weight excluding hydrogens is 240 g/mol. The Morgan fingerprint density at radius 1 is 1.00 bits per heavy atom. The molecule has 0 atom stereocenters. The second-order valence-corrected chi connectivity index (χ2v) is 4.38. The Bertz CT molecular complexity index is 541. The summed E-state index contributed by atoms with van der Waals surface area (Å²) in [5, 5.41) is 0. The van der Waals surface area contributed by atoms with Gasteiger partial charge in [0, 0.05) is 5.75 Å². The minimum absolute atomic E-state index is 0.625. The zero-order valence-corrected chi connectivity index (χ0v) is 10.8. The van der Waals surface area contributed by atoms with Crippen LogP contribution in [0.25, 0.3) is 6.08 Å². The van der Waals surface area contributed by atoms with Gasteiger partial charge in [0.25, 0.3) is 0 Å². The SMILES string of the molecule is [2H]C([2H])(/C=C/c1ccccc1)OSCc1ccccc1. The fourth-order valence-corrected chi connectivity index (χ4v) is 1.94. The molecule has 0 fully saturated rings. The second kappa shape index (κ2) is 7.75. The van der Waals surface area contributed by atoms with Crippen molar-refractivity contribution >= 4 is 18.1 Å². The van der Waals surface area contributed by atoms with Gasteiger partial charge in [-0.25, -0.2) is 0 Å². The largest absolute Gasteiger partial charge is 0.311 e. The topological polar surface area (TPSA) is 9.23 Å². The van der Waals surface area contributed by atoms with E-state index in [1.807, 2.05) is 60.7 Å². The van der Waals surface area contributed by atoms with Crippen LogP contribution in [0.1, 0.15) is 13.9 Å². The number of benzene rings is 2. The first-order valence-corrected chi connectivity index (χ1v) is 6.66. The standard InChI is InChI=1S/C16H16OS/c1-3-8-15(9-4-1)12-7-13-17-18-14-16-10-5-2-6-11-16/h1-12H,13-14H2/b12-7+/i13D2. The van der Waals surface area contributed by atoms with Crippen molar-refractivity contribution in [2.75, 3.05) is 6.56 Å². The molecule has 2 aromatic rings. The maximum atomic E-state index is 7.78. The molecule has 0 bridgehead atoms. The molecule has 2 rings (SSSR count). The normalized spacial score (nSPS) is 13.3. The van der Waals surface area contributed by atoms with Gasteiger partial charge < -0.3 is 4.18 Å². The van der Waals surface area contributed by atoms with Crippen LogP contribution >= 0.6 is 12.0 Å². The monoisotopic (exact) mass is 258 g/mol. The summed E-state index contributed by atoms with van der Waals surface area (Å²) in [5.41, 5.74) is 2.06. The van der Waals surface area contributed by atoms with Crippen LogP contribution in [-0.4, -0.2) is 6.56 Å². The summed E-state index contributed by atoms with van der Waals surface area (Å²) in [6.07, 6.45) is 3.16. The van der Waals surface area contributed by atoms with Crippen molar-refractivity contribution in [3.05, 3.63) is 77.9 Å². The Morgan fingerprint density at radius 2 is 1.67 bits per heavy atom. The van der Waals surface area contributed by atoms with E-state index < -0.39 is 6.56 Å². The van der Waals surface area contributed by atoms with Gasteiger partial charge in [-0.3, -0.25) is 0 Å². The van der Waals surface area contributed by atoms with Crippen LogP contribution < -0.4 is 0 Å². The first kappa shape index (κ1) is 10.4. The van der Waals surface area contributed by atoms with Crippen molar-refractivity contribution in [3.63, 3.8) is 0 Å². The lowest BCUT2D eigenvalue weighted by molar-refractivity contribution is 0.429. The summed E-state index contributed by atoms with van der Waals surface area (Å²) in [4.78, 5) is 0. The van der Waals surface area contributed by atoms with Crippen molar-refractivity contribution in [3.8, 4) is 0 Å². The minimum Gasteiger partial charge on any atom is -0.311 e. The van der Waals surface area contributed by atoms with Crippen molar-refractivity contribution in [2.24, 2.45) is 0 Å². The predicted molar refractivity (Wildman–Crippen MR) is 79.2 cm³/mol. The fourth-order valence-electron chi connectivity index (χ4n) is 1.43. The average molecular weight is 258 g/mol. The average Bonchev–Trinajstić information content (AvgIpc) is 2.47. The van der Waals surface area contributed by atoms with E-state index in [0.717, 1.165) is 23.2 Å². The number of hydrogen-bond acceptors (Lipinski definition) is 2. The van der Waals surface area contributed by atoms with Crippen molar-refractivity contribution < 1.29 is 6.92 Å². The lowest BCUT2D eigenvalue weighted by atomic mass is 10.2. The van der Waals surface area contributed by atoms with E-state index in [-0.39, 0.29) is 0 Å². The van der Waals surface area contributed by atoms with E-state index in [1.165, 1.54) is 6.08 Å². The van der Waals surface area contributed by atoms with Crippen molar-refractivity contribution in [1.29, 1.82) is 0 Å². The summed E-state index contributed by atoms with van der Waals surface area (Å²) in [6, 6.07) is 19.5. The van der Waals surface area contributed by atoms with Crippen LogP contribution in [0.15, 0.2) is 66.7 Å². The Kier molecular flexibility index (Phi) is 4.48. The molecule has 0 spiro atoms. The third-order valence-corrected chi connectivity index (χ3v) is 2.98. The maximum absolute atomic E-state index is 7.78. The molecule has 0 aliphatic heterocycles. The lowest BCUT2D eigenvalue weighted by Crippen LogP contribution is -1.83. The molecule has 0 amide bonds. The highest BCUT2D eigenvalue weighted by Gasteiger charge is 1.91. The lowest BCUT2D eigenvalue weighted by Gasteiger charge is -2.00. The minimum atomic E-state index is -1.78. The maximum Gasteiger partial charge on any atom is 0.0798 e. The van der Waals surface area contributed by atoms with Gasteiger partial charge in [-0.2, -0.15) is 0 Å². The Morgan fingerprint density at radius 3 is 2.39 bits per heavy atom. The van der Waals surface area contributed by atoms with E-state index in [2.05, 4.69) is 0 Å². The van der Waals surface area contributed by atoms with E-state index in [9.17, 15) is 0 Å². The summed E-state index contributed by atoms with van der Waals surface area (Å²) in [6.45, 7) is -1.78. The molecule has 18 heavy (non-hydrogen) atoms. The first-order valence-electron chi connectivity index (χ1n) is 6.75. The van der Waals surface area contributed by atoms with Crippen LogP contribution in [0.2, 0.25) is 0 Å². The number of rotatable bonds is 6.